The second-order valence-corrected chi connectivity index (χ2v) is 6.65. The van der Waals surface area contributed by atoms with Crippen molar-refractivity contribution in [2.24, 2.45) is 5.92 Å². The molecule has 0 spiro atoms. The summed E-state index contributed by atoms with van der Waals surface area (Å²) in [5.74, 6) is 0.172. The molecular weight excluding hydrogens is 298 g/mol. The van der Waals surface area contributed by atoms with E-state index in [1.54, 1.807) is 18.3 Å². The molecule has 2 aromatic rings. The summed E-state index contributed by atoms with van der Waals surface area (Å²) >= 11 is 1.31. The molecule has 0 bridgehead atoms. The van der Waals surface area contributed by atoms with Gasteiger partial charge in [0.1, 0.15) is 5.00 Å². The van der Waals surface area contributed by atoms with Crippen LogP contribution in [0.4, 0.5) is 5.00 Å². The van der Waals surface area contributed by atoms with Gasteiger partial charge in [0, 0.05) is 24.0 Å². The van der Waals surface area contributed by atoms with Crippen LogP contribution in [0, 0.1) is 5.92 Å². The average molecular weight is 315 g/mol. The SMILES string of the molecule is CC(C)CNC(=O)c1cc2c(s1)NC(=O)/C2=C/c1ccc[nH]1. The highest BCUT2D eigenvalue weighted by Gasteiger charge is 2.28. The Labute approximate surface area is 132 Å². The summed E-state index contributed by atoms with van der Waals surface area (Å²) in [6.07, 6.45) is 3.60. The number of carbonyl (C=O) groups excluding carboxylic acids is 2. The Hall–Kier alpha value is -2.34. The first-order valence-corrected chi connectivity index (χ1v) is 7.95. The molecule has 0 aliphatic carbocycles. The molecule has 5 nitrogen and oxygen atoms in total. The number of aromatic nitrogens is 1. The van der Waals surface area contributed by atoms with E-state index in [9.17, 15) is 9.59 Å². The Balaban J connectivity index is 1.86. The van der Waals surface area contributed by atoms with Crippen molar-refractivity contribution < 1.29 is 9.59 Å². The molecule has 0 radical (unpaired) electrons. The van der Waals surface area contributed by atoms with E-state index in [1.807, 2.05) is 26.0 Å². The topological polar surface area (TPSA) is 74.0 Å². The van der Waals surface area contributed by atoms with E-state index >= 15 is 0 Å². The van der Waals surface area contributed by atoms with Crippen molar-refractivity contribution in [2.45, 2.75) is 13.8 Å². The number of hydrogen-bond acceptors (Lipinski definition) is 3. The maximum atomic E-state index is 12.1. The van der Waals surface area contributed by atoms with Crippen molar-refractivity contribution in [3.8, 4) is 0 Å². The molecule has 2 aromatic heterocycles. The molecule has 114 valence electrons. The van der Waals surface area contributed by atoms with Gasteiger partial charge in [-0.25, -0.2) is 0 Å². The summed E-state index contributed by atoms with van der Waals surface area (Å²) in [5.41, 5.74) is 2.23. The van der Waals surface area contributed by atoms with Crippen LogP contribution in [0.3, 0.4) is 0 Å². The molecule has 3 N–H and O–H groups in total. The lowest BCUT2D eigenvalue weighted by molar-refractivity contribution is -0.110. The van der Waals surface area contributed by atoms with Gasteiger partial charge in [-0.15, -0.1) is 11.3 Å². The fraction of sp³-hybridized carbons (Fsp3) is 0.250. The summed E-state index contributed by atoms with van der Waals surface area (Å²) in [7, 11) is 0. The van der Waals surface area contributed by atoms with Crippen LogP contribution < -0.4 is 10.6 Å². The minimum Gasteiger partial charge on any atom is -0.362 e. The van der Waals surface area contributed by atoms with Crippen molar-refractivity contribution in [1.29, 1.82) is 0 Å². The molecule has 0 aromatic carbocycles. The van der Waals surface area contributed by atoms with E-state index in [0.717, 1.165) is 16.3 Å². The van der Waals surface area contributed by atoms with E-state index < -0.39 is 0 Å². The van der Waals surface area contributed by atoms with Crippen LogP contribution in [0.15, 0.2) is 24.4 Å². The molecule has 1 aliphatic heterocycles. The summed E-state index contributed by atoms with van der Waals surface area (Å²) in [6.45, 7) is 4.73. The number of nitrogens with one attached hydrogen (secondary N) is 3. The minimum atomic E-state index is -0.134. The predicted octanol–water partition coefficient (Wildman–Crippen LogP) is 2.95. The molecule has 0 saturated heterocycles. The van der Waals surface area contributed by atoms with Crippen molar-refractivity contribution >= 4 is 39.8 Å². The second-order valence-electron chi connectivity index (χ2n) is 5.59. The molecule has 3 heterocycles. The van der Waals surface area contributed by atoms with Crippen molar-refractivity contribution in [3.05, 3.63) is 40.5 Å². The highest BCUT2D eigenvalue weighted by molar-refractivity contribution is 7.18. The first-order valence-electron chi connectivity index (χ1n) is 7.13. The van der Waals surface area contributed by atoms with Crippen LogP contribution >= 0.6 is 11.3 Å². The van der Waals surface area contributed by atoms with Crippen LogP contribution in [0.1, 0.15) is 34.8 Å². The summed E-state index contributed by atoms with van der Waals surface area (Å²) in [4.78, 5) is 27.8. The van der Waals surface area contributed by atoms with Gasteiger partial charge >= 0.3 is 0 Å². The number of rotatable bonds is 4. The zero-order chi connectivity index (χ0) is 15.7. The molecule has 3 rings (SSSR count). The van der Waals surface area contributed by atoms with Gasteiger partial charge in [0.15, 0.2) is 0 Å². The largest absolute Gasteiger partial charge is 0.362 e. The van der Waals surface area contributed by atoms with Gasteiger partial charge in [0.05, 0.1) is 10.5 Å². The van der Waals surface area contributed by atoms with Crippen molar-refractivity contribution in [3.63, 3.8) is 0 Å². The molecule has 2 amide bonds. The van der Waals surface area contributed by atoms with E-state index in [-0.39, 0.29) is 11.8 Å². The number of amides is 2. The van der Waals surface area contributed by atoms with Crippen LogP contribution in [0.25, 0.3) is 11.6 Å². The maximum absolute atomic E-state index is 12.1. The Morgan fingerprint density at radius 2 is 2.27 bits per heavy atom. The molecule has 6 heteroatoms. The Morgan fingerprint density at radius 1 is 1.45 bits per heavy atom. The number of anilines is 1. The second kappa shape index (κ2) is 5.81. The standard InChI is InChI=1S/C16H17N3O2S/c1-9(2)8-18-15(21)13-7-12-11(6-10-4-3-5-17-10)14(20)19-16(12)22-13/h3-7,9,17H,8H2,1-2H3,(H,18,21)(H,19,20)/b11-6+. The number of aromatic amines is 1. The lowest BCUT2D eigenvalue weighted by atomic mass is 10.1. The number of H-pyrrole nitrogens is 1. The molecule has 22 heavy (non-hydrogen) atoms. The minimum absolute atomic E-state index is 0.0958. The molecule has 1 aliphatic rings. The lowest BCUT2D eigenvalue weighted by Gasteiger charge is -2.05. The molecule has 0 atom stereocenters. The predicted molar refractivity (Wildman–Crippen MR) is 88.8 cm³/mol. The quantitative estimate of drug-likeness (QED) is 0.759. The molecule has 0 saturated carbocycles. The number of carbonyl (C=O) groups is 2. The smallest absolute Gasteiger partial charge is 0.261 e. The van der Waals surface area contributed by atoms with Gasteiger partial charge in [-0.1, -0.05) is 13.8 Å². The van der Waals surface area contributed by atoms with E-state index in [1.165, 1.54) is 11.3 Å². The zero-order valence-corrected chi connectivity index (χ0v) is 13.2. The van der Waals surface area contributed by atoms with Gasteiger partial charge in [-0.05, 0) is 30.2 Å². The Kier molecular flexibility index (Phi) is 3.85. The highest BCUT2D eigenvalue weighted by Crippen LogP contribution is 2.39. The highest BCUT2D eigenvalue weighted by atomic mass is 32.1. The van der Waals surface area contributed by atoms with Crippen molar-refractivity contribution in [1.82, 2.24) is 10.3 Å². The lowest BCUT2D eigenvalue weighted by Crippen LogP contribution is -2.26. The van der Waals surface area contributed by atoms with E-state index in [0.29, 0.717) is 22.9 Å². The van der Waals surface area contributed by atoms with Gasteiger partial charge in [0.25, 0.3) is 11.8 Å². The third kappa shape index (κ3) is 2.82. The third-order valence-corrected chi connectivity index (χ3v) is 4.36. The number of hydrogen-bond donors (Lipinski definition) is 3. The fourth-order valence-electron chi connectivity index (χ4n) is 2.21. The average Bonchev–Trinajstić information content (AvgIpc) is 3.15. The van der Waals surface area contributed by atoms with Crippen LogP contribution in [-0.2, 0) is 4.79 Å². The Morgan fingerprint density at radius 3 is 2.95 bits per heavy atom. The fourth-order valence-corrected chi connectivity index (χ4v) is 3.19. The van der Waals surface area contributed by atoms with Crippen molar-refractivity contribution in [2.75, 3.05) is 11.9 Å². The third-order valence-electron chi connectivity index (χ3n) is 3.31. The number of fused-ring (bicyclic) bond motifs is 1. The maximum Gasteiger partial charge on any atom is 0.261 e. The summed E-state index contributed by atoms with van der Waals surface area (Å²) in [5, 5.41) is 6.44. The van der Waals surface area contributed by atoms with Crippen LogP contribution in [0.5, 0.6) is 0 Å². The molecule has 0 fully saturated rings. The van der Waals surface area contributed by atoms with Gasteiger partial charge < -0.3 is 15.6 Å². The first-order chi connectivity index (χ1) is 10.5. The monoisotopic (exact) mass is 315 g/mol. The zero-order valence-electron chi connectivity index (χ0n) is 12.4. The summed E-state index contributed by atoms with van der Waals surface area (Å²) < 4.78 is 0. The molecule has 0 unspecified atom stereocenters. The summed E-state index contributed by atoms with van der Waals surface area (Å²) in [6, 6.07) is 5.54. The van der Waals surface area contributed by atoms with E-state index in [2.05, 4.69) is 15.6 Å². The normalized spacial score (nSPS) is 15.2. The molecular formula is C16H17N3O2S. The number of thiophene rings is 1. The van der Waals surface area contributed by atoms with Crippen LogP contribution in [0.2, 0.25) is 0 Å². The first kappa shape index (κ1) is 14.6. The van der Waals surface area contributed by atoms with Gasteiger partial charge in [0.2, 0.25) is 0 Å². The van der Waals surface area contributed by atoms with Gasteiger partial charge in [-0.2, -0.15) is 0 Å². The van der Waals surface area contributed by atoms with Gasteiger partial charge in [-0.3, -0.25) is 9.59 Å². The Bertz CT molecular complexity index is 742. The van der Waals surface area contributed by atoms with Crippen LogP contribution in [-0.4, -0.2) is 23.3 Å². The van der Waals surface area contributed by atoms with E-state index in [4.69, 9.17) is 0 Å².